The fourth-order valence-corrected chi connectivity index (χ4v) is 3.67. The summed E-state index contributed by atoms with van der Waals surface area (Å²) < 4.78 is 0. The Morgan fingerprint density at radius 1 is 1.33 bits per heavy atom. The van der Waals surface area contributed by atoms with Crippen molar-refractivity contribution in [1.29, 1.82) is 0 Å². The predicted octanol–water partition coefficient (Wildman–Crippen LogP) is 2.95. The second kappa shape index (κ2) is 8.27. The molecule has 21 heavy (non-hydrogen) atoms. The van der Waals surface area contributed by atoms with E-state index in [2.05, 4.69) is 22.5 Å². The molecule has 0 aromatic carbocycles. The number of pyridine rings is 1. The number of anilines is 1. The number of nitrogens with zero attached hydrogens (tertiary/aromatic N) is 1. The van der Waals surface area contributed by atoms with Gasteiger partial charge in [-0.05, 0) is 55.7 Å². The molecule has 116 valence electrons. The van der Waals surface area contributed by atoms with Gasteiger partial charge in [0.15, 0.2) is 0 Å². The molecule has 0 atom stereocenters. The van der Waals surface area contributed by atoms with Gasteiger partial charge in [-0.15, -0.1) is 0 Å². The summed E-state index contributed by atoms with van der Waals surface area (Å²) in [5.74, 6) is 3.89. The molecule has 1 aliphatic rings. The van der Waals surface area contributed by atoms with E-state index >= 15 is 0 Å². The van der Waals surface area contributed by atoms with Crippen LogP contribution >= 0.6 is 11.8 Å². The molecule has 0 radical (unpaired) electrons. The van der Waals surface area contributed by atoms with E-state index < -0.39 is 0 Å². The highest BCUT2D eigenvalue weighted by Gasteiger charge is 2.15. The number of rotatable bonds is 6. The Morgan fingerprint density at radius 3 is 2.76 bits per heavy atom. The molecule has 1 saturated heterocycles. The molecule has 2 N–H and O–H groups in total. The topological polar surface area (TPSA) is 54.0 Å². The van der Waals surface area contributed by atoms with Gasteiger partial charge in [0.25, 0.3) is 5.91 Å². The minimum Gasteiger partial charge on any atom is -0.370 e. The van der Waals surface area contributed by atoms with Crippen LogP contribution in [0.4, 0.5) is 5.82 Å². The molecular weight excluding hydrogens is 282 g/mol. The van der Waals surface area contributed by atoms with Gasteiger partial charge in [-0.25, -0.2) is 4.98 Å². The van der Waals surface area contributed by atoms with Gasteiger partial charge in [0.2, 0.25) is 0 Å². The molecule has 2 rings (SSSR count). The summed E-state index contributed by atoms with van der Waals surface area (Å²) in [6.07, 6.45) is 3.26. The molecule has 0 bridgehead atoms. The molecule has 2 heterocycles. The maximum absolute atomic E-state index is 12.3. The average molecular weight is 307 g/mol. The molecule has 5 heteroatoms. The maximum atomic E-state index is 12.3. The fourth-order valence-electron chi connectivity index (χ4n) is 2.46. The van der Waals surface area contributed by atoms with Gasteiger partial charge in [0.1, 0.15) is 5.82 Å². The monoisotopic (exact) mass is 307 g/mol. The van der Waals surface area contributed by atoms with Gasteiger partial charge < -0.3 is 10.6 Å². The van der Waals surface area contributed by atoms with Crippen LogP contribution in [0.5, 0.6) is 0 Å². The van der Waals surface area contributed by atoms with E-state index in [4.69, 9.17) is 0 Å². The minimum absolute atomic E-state index is 0.0180. The Bertz CT molecular complexity index is 473. The van der Waals surface area contributed by atoms with Crippen molar-refractivity contribution in [3.8, 4) is 0 Å². The number of thioether (sulfide) groups is 1. The summed E-state index contributed by atoms with van der Waals surface area (Å²) in [4.78, 5) is 16.8. The zero-order valence-electron chi connectivity index (χ0n) is 12.9. The second-order valence-corrected chi connectivity index (χ2v) is 6.61. The molecule has 1 aromatic rings. The molecule has 1 fully saturated rings. The lowest BCUT2D eigenvalue weighted by molar-refractivity contribution is 0.0946. The van der Waals surface area contributed by atoms with E-state index in [0.717, 1.165) is 31.0 Å². The third-order valence-electron chi connectivity index (χ3n) is 3.75. The molecule has 4 nitrogen and oxygen atoms in total. The molecule has 0 unspecified atom stereocenters. The van der Waals surface area contributed by atoms with Crippen LogP contribution in [0.15, 0.2) is 12.1 Å². The summed E-state index contributed by atoms with van der Waals surface area (Å²) in [5, 5.41) is 6.27. The molecule has 1 amide bonds. The lowest BCUT2D eigenvalue weighted by atomic mass is 10.0. The number of carbonyl (C=O) groups is 1. The Balaban J connectivity index is 1.98. The van der Waals surface area contributed by atoms with Crippen molar-refractivity contribution in [1.82, 2.24) is 10.3 Å². The van der Waals surface area contributed by atoms with Crippen molar-refractivity contribution in [3.63, 3.8) is 0 Å². The van der Waals surface area contributed by atoms with E-state index in [9.17, 15) is 4.79 Å². The van der Waals surface area contributed by atoms with E-state index in [1.807, 2.05) is 30.8 Å². The third kappa shape index (κ3) is 4.92. The molecule has 1 aliphatic heterocycles. The van der Waals surface area contributed by atoms with E-state index in [1.165, 1.54) is 24.3 Å². The number of aromatic nitrogens is 1. The van der Waals surface area contributed by atoms with Crippen molar-refractivity contribution in [2.24, 2.45) is 5.92 Å². The number of nitrogens with one attached hydrogen (secondary N) is 2. The van der Waals surface area contributed by atoms with Gasteiger partial charge in [-0.2, -0.15) is 11.8 Å². The predicted molar refractivity (Wildman–Crippen MR) is 90.2 cm³/mol. The summed E-state index contributed by atoms with van der Waals surface area (Å²) in [6.45, 7) is 5.68. The van der Waals surface area contributed by atoms with Crippen LogP contribution in [0.1, 0.15) is 42.7 Å². The smallest absolute Gasteiger partial charge is 0.251 e. The van der Waals surface area contributed by atoms with Gasteiger partial charge in [-0.1, -0.05) is 6.92 Å². The molecule has 0 spiro atoms. The fraction of sp³-hybridized carbons (Fsp3) is 0.625. The number of carbonyl (C=O) groups excluding carboxylic acids is 1. The first-order chi connectivity index (χ1) is 10.2. The summed E-state index contributed by atoms with van der Waals surface area (Å²) >= 11 is 2.01. The molecule has 1 aromatic heterocycles. The lowest BCUT2D eigenvalue weighted by Gasteiger charge is -2.21. The average Bonchev–Trinajstić information content (AvgIpc) is 2.53. The quantitative estimate of drug-likeness (QED) is 0.848. The van der Waals surface area contributed by atoms with E-state index in [0.29, 0.717) is 11.5 Å². The zero-order chi connectivity index (χ0) is 15.1. The number of amides is 1. The van der Waals surface area contributed by atoms with E-state index in [1.54, 1.807) is 0 Å². The van der Waals surface area contributed by atoms with Gasteiger partial charge >= 0.3 is 0 Å². The van der Waals surface area contributed by atoms with Crippen molar-refractivity contribution in [2.45, 2.75) is 33.1 Å². The second-order valence-electron chi connectivity index (χ2n) is 5.38. The van der Waals surface area contributed by atoms with Crippen molar-refractivity contribution >= 4 is 23.5 Å². The highest BCUT2D eigenvalue weighted by molar-refractivity contribution is 7.99. The van der Waals surface area contributed by atoms with Crippen LogP contribution in [-0.4, -0.2) is 35.5 Å². The van der Waals surface area contributed by atoms with Crippen LogP contribution in [0.3, 0.4) is 0 Å². The van der Waals surface area contributed by atoms with Crippen LogP contribution < -0.4 is 10.6 Å². The Kier molecular flexibility index (Phi) is 6.36. The van der Waals surface area contributed by atoms with Crippen molar-refractivity contribution < 1.29 is 4.79 Å². The Morgan fingerprint density at radius 2 is 2.10 bits per heavy atom. The first kappa shape index (κ1) is 16.1. The highest BCUT2D eigenvalue weighted by Crippen LogP contribution is 2.22. The zero-order valence-corrected chi connectivity index (χ0v) is 13.8. The molecule has 0 aliphatic carbocycles. The Labute approximate surface area is 131 Å². The first-order valence-electron chi connectivity index (χ1n) is 7.83. The van der Waals surface area contributed by atoms with Crippen molar-refractivity contribution in [2.75, 3.05) is 29.9 Å². The standard InChI is InChI=1S/C16H25N3OS/c1-3-14-9-13(10-15(19-14)17-4-2)16(20)18-11-12-5-7-21-8-6-12/h9-10,12H,3-8,11H2,1-2H3,(H,17,19)(H,18,20). The highest BCUT2D eigenvalue weighted by atomic mass is 32.2. The molecular formula is C16H25N3OS. The number of hydrogen-bond donors (Lipinski definition) is 2. The van der Waals surface area contributed by atoms with Crippen LogP contribution in [0, 0.1) is 5.92 Å². The lowest BCUT2D eigenvalue weighted by Crippen LogP contribution is -2.31. The number of aryl methyl sites for hydroxylation is 1. The maximum Gasteiger partial charge on any atom is 0.251 e. The minimum atomic E-state index is 0.0180. The van der Waals surface area contributed by atoms with Gasteiger partial charge in [0.05, 0.1) is 0 Å². The number of hydrogen-bond acceptors (Lipinski definition) is 4. The largest absolute Gasteiger partial charge is 0.370 e. The normalized spacial score (nSPS) is 15.7. The van der Waals surface area contributed by atoms with E-state index in [-0.39, 0.29) is 5.91 Å². The summed E-state index contributed by atoms with van der Waals surface area (Å²) in [7, 11) is 0. The SMILES string of the molecule is CCNc1cc(C(=O)NCC2CCSCC2)cc(CC)n1. The van der Waals surface area contributed by atoms with Crippen LogP contribution in [0.2, 0.25) is 0 Å². The first-order valence-corrected chi connectivity index (χ1v) is 8.99. The van der Waals surface area contributed by atoms with Gasteiger partial charge in [0, 0.05) is 24.3 Å². The van der Waals surface area contributed by atoms with Crippen LogP contribution in [-0.2, 0) is 6.42 Å². The third-order valence-corrected chi connectivity index (χ3v) is 4.80. The van der Waals surface area contributed by atoms with Gasteiger partial charge in [-0.3, -0.25) is 4.79 Å². The summed E-state index contributed by atoms with van der Waals surface area (Å²) in [6, 6.07) is 3.74. The summed E-state index contributed by atoms with van der Waals surface area (Å²) in [5.41, 5.74) is 1.66. The van der Waals surface area contributed by atoms with Crippen LogP contribution in [0.25, 0.3) is 0 Å². The Hall–Kier alpha value is -1.23. The molecule has 0 saturated carbocycles. The van der Waals surface area contributed by atoms with Crippen molar-refractivity contribution in [3.05, 3.63) is 23.4 Å².